The lowest BCUT2D eigenvalue weighted by molar-refractivity contribution is 0.0924. The first-order valence-corrected chi connectivity index (χ1v) is 8.04. The smallest absolute Gasteiger partial charge is 0.253 e. The zero-order chi connectivity index (χ0) is 15.8. The summed E-state index contributed by atoms with van der Waals surface area (Å²) in [6.45, 7) is 0.594. The molecule has 0 spiro atoms. The highest BCUT2D eigenvalue weighted by atomic mass is 79.9. The number of carbonyl (C=O) groups excluding carboxylic acids is 1. The van der Waals surface area contributed by atoms with E-state index in [-0.39, 0.29) is 11.9 Å². The van der Waals surface area contributed by atoms with Crippen LogP contribution in [-0.2, 0) is 0 Å². The molecule has 0 aliphatic carbocycles. The monoisotopic (exact) mass is 372 g/mol. The van der Waals surface area contributed by atoms with Crippen LogP contribution in [0.5, 0.6) is 5.75 Å². The third-order valence-electron chi connectivity index (χ3n) is 3.83. The Morgan fingerprint density at radius 3 is 3.09 bits per heavy atom. The number of carbonyl (C=O) groups is 1. The number of fused-ring (bicyclic) bond motifs is 2. The fourth-order valence-corrected chi connectivity index (χ4v) is 3.08. The van der Waals surface area contributed by atoms with Crippen LogP contribution in [0.2, 0.25) is 0 Å². The summed E-state index contributed by atoms with van der Waals surface area (Å²) >= 11 is 3.23. The van der Waals surface area contributed by atoms with Crippen molar-refractivity contribution < 1.29 is 9.53 Å². The second kappa shape index (κ2) is 5.66. The molecule has 23 heavy (non-hydrogen) atoms. The number of pyridine rings is 1. The van der Waals surface area contributed by atoms with Crippen molar-refractivity contribution in [2.75, 3.05) is 6.61 Å². The molecule has 1 aliphatic rings. The average Bonchev–Trinajstić information content (AvgIpc) is 2.94. The van der Waals surface area contributed by atoms with Crippen LogP contribution in [-0.4, -0.2) is 27.1 Å². The van der Waals surface area contributed by atoms with Crippen LogP contribution in [0, 0.1) is 0 Å². The number of amides is 1. The molecule has 0 bridgehead atoms. The van der Waals surface area contributed by atoms with E-state index in [2.05, 4.69) is 31.3 Å². The van der Waals surface area contributed by atoms with Gasteiger partial charge in [-0.1, -0.05) is 18.2 Å². The van der Waals surface area contributed by atoms with Crippen LogP contribution in [0.15, 0.2) is 47.3 Å². The van der Waals surface area contributed by atoms with Crippen molar-refractivity contribution in [3.05, 3.63) is 58.5 Å². The number of hydrogen-bond acceptors (Lipinski definition) is 4. The first-order valence-electron chi connectivity index (χ1n) is 7.25. The molecule has 0 unspecified atom stereocenters. The summed E-state index contributed by atoms with van der Waals surface area (Å²) in [5.41, 5.74) is 2.24. The highest BCUT2D eigenvalue weighted by molar-refractivity contribution is 9.10. The zero-order valence-electron chi connectivity index (χ0n) is 12.1. The van der Waals surface area contributed by atoms with Crippen LogP contribution in [0.4, 0.5) is 0 Å². The third-order valence-corrected chi connectivity index (χ3v) is 4.17. The molecule has 1 amide bonds. The molecule has 0 saturated carbocycles. The largest absolute Gasteiger partial charge is 0.493 e. The van der Waals surface area contributed by atoms with E-state index in [0.717, 1.165) is 17.7 Å². The second-order valence-corrected chi connectivity index (χ2v) is 6.01. The fraction of sp³-hybridized carbons (Fsp3) is 0.188. The molecule has 6 nitrogen and oxygen atoms in total. The van der Waals surface area contributed by atoms with Crippen molar-refractivity contribution in [3.8, 4) is 5.75 Å². The van der Waals surface area contributed by atoms with E-state index in [9.17, 15) is 4.79 Å². The quantitative estimate of drug-likeness (QED) is 0.750. The van der Waals surface area contributed by atoms with Gasteiger partial charge in [0, 0.05) is 18.2 Å². The standard InChI is InChI=1S/C16H13BrN4O2/c17-16-19-14-6-5-10(9-21(14)20-16)15(22)18-12-7-8-23-13-4-2-1-3-11(12)13/h1-6,9,12H,7-8H2,(H,18,22)/t12-/m0/s1. The van der Waals surface area contributed by atoms with Crippen LogP contribution >= 0.6 is 15.9 Å². The van der Waals surface area contributed by atoms with Gasteiger partial charge in [0.15, 0.2) is 5.65 Å². The summed E-state index contributed by atoms with van der Waals surface area (Å²) in [5.74, 6) is 0.694. The Morgan fingerprint density at radius 1 is 1.30 bits per heavy atom. The van der Waals surface area contributed by atoms with Crippen molar-refractivity contribution in [2.45, 2.75) is 12.5 Å². The predicted molar refractivity (Wildman–Crippen MR) is 87.4 cm³/mol. The molecule has 0 fully saturated rings. The fourth-order valence-electron chi connectivity index (χ4n) is 2.72. The van der Waals surface area contributed by atoms with E-state index in [1.54, 1.807) is 22.8 Å². The van der Waals surface area contributed by atoms with E-state index >= 15 is 0 Å². The molecular formula is C16H13BrN4O2. The highest BCUT2D eigenvalue weighted by Crippen LogP contribution is 2.31. The molecule has 7 heteroatoms. The van der Waals surface area contributed by atoms with E-state index in [1.807, 2.05) is 24.3 Å². The van der Waals surface area contributed by atoms with Gasteiger partial charge in [-0.2, -0.15) is 0 Å². The van der Waals surface area contributed by atoms with Gasteiger partial charge in [-0.15, -0.1) is 5.10 Å². The van der Waals surface area contributed by atoms with Gasteiger partial charge >= 0.3 is 0 Å². The molecule has 0 saturated heterocycles. The van der Waals surface area contributed by atoms with Gasteiger partial charge in [0.2, 0.25) is 4.73 Å². The Hall–Kier alpha value is -2.41. The summed E-state index contributed by atoms with van der Waals surface area (Å²) in [6.07, 6.45) is 2.42. The molecule has 3 heterocycles. The number of halogens is 1. The van der Waals surface area contributed by atoms with Crippen LogP contribution in [0.1, 0.15) is 28.4 Å². The molecule has 116 valence electrons. The topological polar surface area (TPSA) is 68.5 Å². The minimum atomic E-state index is -0.139. The minimum absolute atomic E-state index is 0.0503. The van der Waals surface area contributed by atoms with E-state index in [4.69, 9.17) is 4.74 Å². The lowest BCUT2D eigenvalue weighted by atomic mass is 10.0. The van der Waals surface area contributed by atoms with Crippen LogP contribution < -0.4 is 10.1 Å². The summed E-state index contributed by atoms with van der Waals surface area (Å²) in [6, 6.07) is 11.3. The van der Waals surface area contributed by atoms with Gasteiger partial charge in [-0.3, -0.25) is 4.79 Å². The maximum absolute atomic E-state index is 12.5. The van der Waals surface area contributed by atoms with Crippen molar-refractivity contribution in [3.63, 3.8) is 0 Å². The average molecular weight is 373 g/mol. The summed E-state index contributed by atoms with van der Waals surface area (Å²) in [7, 11) is 0. The molecule has 1 aliphatic heterocycles. The Morgan fingerprint density at radius 2 is 2.17 bits per heavy atom. The first kappa shape index (κ1) is 14.2. The van der Waals surface area contributed by atoms with Crippen molar-refractivity contribution in [1.29, 1.82) is 0 Å². The summed E-state index contributed by atoms with van der Waals surface area (Å²) in [4.78, 5) is 16.7. The van der Waals surface area contributed by atoms with Gasteiger partial charge in [-0.05, 0) is 34.1 Å². The lowest BCUT2D eigenvalue weighted by Crippen LogP contribution is -2.32. The molecule has 1 aromatic carbocycles. The van der Waals surface area contributed by atoms with Crippen LogP contribution in [0.3, 0.4) is 0 Å². The number of hydrogen-bond donors (Lipinski definition) is 1. The van der Waals surface area contributed by atoms with Gasteiger partial charge in [0.25, 0.3) is 5.91 Å². The van der Waals surface area contributed by atoms with Crippen LogP contribution in [0.25, 0.3) is 5.65 Å². The molecule has 2 aromatic heterocycles. The number of nitrogens with zero attached hydrogens (tertiary/aromatic N) is 3. The Balaban J connectivity index is 1.60. The SMILES string of the molecule is O=C(N[C@H]1CCOc2ccccc21)c1ccc2nc(Br)nn2c1. The molecular weight excluding hydrogens is 360 g/mol. The van der Waals surface area contributed by atoms with Crippen molar-refractivity contribution in [2.24, 2.45) is 0 Å². The number of ether oxygens (including phenoxy) is 1. The molecule has 4 rings (SSSR count). The maximum atomic E-state index is 12.5. The minimum Gasteiger partial charge on any atom is -0.493 e. The number of para-hydroxylation sites is 1. The summed E-state index contributed by atoms with van der Waals surface area (Å²) in [5, 5.41) is 7.23. The number of aromatic nitrogens is 3. The van der Waals surface area contributed by atoms with Gasteiger partial charge in [0.05, 0.1) is 18.2 Å². The highest BCUT2D eigenvalue weighted by Gasteiger charge is 2.23. The third kappa shape index (κ3) is 2.68. The number of benzene rings is 1. The molecule has 3 aromatic rings. The molecule has 1 atom stereocenters. The Bertz CT molecular complexity index is 893. The Labute approximate surface area is 140 Å². The molecule has 1 N–H and O–H groups in total. The number of nitrogens with one attached hydrogen (secondary N) is 1. The summed E-state index contributed by atoms with van der Waals surface area (Å²) < 4.78 is 7.70. The van der Waals surface area contributed by atoms with E-state index < -0.39 is 0 Å². The van der Waals surface area contributed by atoms with E-state index in [1.165, 1.54) is 0 Å². The van der Waals surface area contributed by atoms with Gasteiger partial charge in [0.1, 0.15) is 5.75 Å². The van der Waals surface area contributed by atoms with Gasteiger partial charge < -0.3 is 10.1 Å². The predicted octanol–water partition coefficient (Wildman–Crippen LogP) is 2.75. The van der Waals surface area contributed by atoms with Crippen molar-refractivity contribution in [1.82, 2.24) is 19.9 Å². The Kier molecular flexibility index (Phi) is 3.49. The zero-order valence-corrected chi connectivity index (χ0v) is 13.7. The van der Waals surface area contributed by atoms with E-state index in [0.29, 0.717) is 22.6 Å². The normalized spacial score (nSPS) is 16.7. The maximum Gasteiger partial charge on any atom is 0.253 e. The van der Waals surface area contributed by atoms with Crippen molar-refractivity contribution >= 4 is 27.5 Å². The lowest BCUT2D eigenvalue weighted by Gasteiger charge is -2.26. The van der Waals surface area contributed by atoms with Gasteiger partial charge in [-0.25, -0.2) is 9.50 Å². The second-order valence-electron chi connectivity index (χ2n) is 5.30. The first-order chi connectivity index (χ1) is 11.2. The molecule has 0 radical (unpaired) electrons. The number of rotatable bonds is 2.